The molecule has 0 aliphatic carbocycles. The van der Waals surface area contributed by atoms with Crippen LogP contribution in [0.25, 0.3) is 11.3 Å². The summed E-state index contributed by atoms with van der Waals surface area (Å²) in [7, 11) is 0. The van der Waals surface area contributed by atoms with Gasteiger partial charge in [-0.2, -0.15) is 0 Å². The second-order valence-corrected chi connectivity index (χ2v) is 6.91. The molecule has 1 aromatic carbocycles. The van der Waals surface area contributed by atoms with Gasteiger partial charge in [-0.3, -0.25) is 4.79 Å². The summed E-state index contributed by atoms with van der Waals surface area (Å²) in [5.41, 5.74) is 10.4. The molecule has 2 aliphatic heterocycles. The van der Waals surface area contributed by atoms with E-state index in [0.29, 0.717) is 37.9 Å². The Morgan fingerprint density at radius 2 is 2.00 bits per heavy atom. The molecule has 0 saturated carbocycles. The van der Waals surface area contributed by atoms with Crippen LogP contribution < -0.4 is 10.6 Å². The van der Waals surface area contributed by atoms with Crippen molar-refractivity contribution in [2.45, 2.75) is 33.0 Å². The monoisotopic (exact) mass is 353 g/mol. The highest BCUT2D eigenvalue weighted by molar-refractivity contribution is 5.76. The van der Waals surface area contributed by atoms with Crippen molar-refractivity contribution in [2.24, 2.45) is 0 Å². The Bertz CT molecular complexity index is 837. The minimum atomic E-state index is 0.0487. The van der Waals surface area contributed by atoms with Gasteiger partial charge >= 0.3 is 0 Å². The summed E-state index contributed by atoms with van der Waals surface area (Å²) in [4.78, 5) is 25.6. The Kier molecular flexibility index (Phi) is 4.24. The largest absolute Gasteiger partial charge is 0.399 e. The number of morpholine rings is 1. The summed E-state index contributed by atoms with van der Waals surface area (Å²) in [6.07, 6.45) is 0. The molecule has 0 bridgehead atoms. The van der Waals surface area contributed by atoms with Crippen LogP contribution in [0, 0.1) is 0 Å². The molecule has 3 heterocycles. The minimum Gasteiger partial charge on any atom is -0.399 e. The first-order chi connectivity index (χ1) is 12.5. The van der Waals surface area contributed by atoms with Crippen molar-refractivity contribution in [2.75, 3.05) is 30.4 Å². The Balaban J connectivity index is 1.81. The van der Waals surface area contributed by atoms with Crippen LogP contribution in [0.15, 0.2) is 24.3 Å². The van der Waals surface area contributed by atoms with E-state index in [-0.39, 0.29) is 11.9 Å². The van der Waals surface area contributed by atoms with E-state index in [4.69, 9.17) is 20.4 Å². The molecule has 26 heavy (non-hydrogen) atoms. The molecule has 2 aliphatic rings. The Hall–Kier alpha value is -2.67. The Morgan fingerprint density at radius 1 is 1.23 bits per heavy atom. The Labute approximate surface area is 152 Å². The number of anilines is 2. The Morgan fingerprint density at radius 3 is 2.69 bits per heavy atom. The van der Waals surface area contributed by atoms with E-state index in [1.54, 1.807) is 11.8 Å². The van der Waals surface area contributed by atoms with Crippen molar-refractivity contribution in [3.8, 4) is 11.3 Å². The number of hydrogen-bond donors (Lipinski definition) is 1. The maximum atomic E-state index is 11.9. The van der Waals surface area contributed by atoms with Crippen LogP contribution in [0.4, 0.5) is 11.6 Å². The fourth-order valence-electron chi connectivity index (χ4n) is 3.50. The quantitative estimate of drug-likeness (QED) is 0.829. The lowest BCUT2D eigenvalue weighted by molar-refractivity contribution is -0.129. The summed E-state index contributed by atoms with van der Waals surface area (Å²) >= 11 is 0. The second kappa shape index (κ2) is 6.57. The predicted molar refractivity (Wildman–Crippen MR) is 99.4 cm³/mol. The fraction of sp³-hybridized carbons (Fsp3) is 0.421. The molecule has 2 N–H and O–H groups in total. The standard InChI is InChI=1S/C19H23N5O2/c1-12-11-26-8-7-24(12)19-21-17-10-23(13(2)25)9-16(17)18(22-19)14-3-5-15(20)6-4-14/h3-6,12H,7-11,20H2,1-2H3/t12-/m0/s1. The number of nitrogens with zero attached hydrogens (tertiary/aromatic N) is 4. The SMILES string of the molecule is CC(=O)N1Cc2nc(N3CCOC[C@@H]3C)nc(-c3ccc(N)cc3)c2C1. The third kappa shape index (κ3) is 2.99. The average molecular weight is 353 g/mol. The molecule has 1 amide bonds. The number of amides is 1. The molecule has 7 heteroatoms. The highest BCUT2D eigenvalue weighted by atomic mass is 16.5. The van der Waals surface area contributed by atoms with Crippen LogP contribution >= 0.6 is 0 Å². The smallest absolute Gasteiger partial charge is 0.226 e. The summed E-state index contributed by atoms with van der Waals surface area (Å²) in [5.74, 6) is 0.754. The first-order valence-electron chi connectivity index (χ1n) is 8.88. The zero-order valence-electron chi connectivity index (χ0n) is 15.1. The number of rotatable bonds is 2. The number of ether oxygens (including phenoxy) is 1. The van der Waals surface area contributed by atoms with Gasteiger partial charge in [0.05, 0.1) is 43.7 Å². The lowest BCUT2D eigenvalue weighted by atomic mass is 10.1. The van der Waals surface area contributed by atoms with Crippen LogP contribution in [0.1, 0.15) is 25.1 Å². The summed E-state index contributed by atoms with van der Waals surface area (Å²) < 4.78 is 5.54. The molecule has 4 rings (SSSR count). The lowest BCUT2D eigenvalue weighted by Gasteiger charge is -2.33. The van der Waals surface area contributed by atoms with E-state index in [2.05, 4.69) is 11.8 Å². The third-order valence-electron chi connectivity index (χ3n) is 5.02. The van der Waals surface area contributed by atoms with Crippen LogP contribution in [-0.4, -0.2) is 46.6 Å². The van der Waals surface area contributed by atoms with Crippen LogP contribution in [0.2, 0.25) is 0 Å². The van der Waals surface area contributed by atoms with Gasteiger partial charge in [-0.05, 0) is 19.1 Å². The molecule has 0 unspecified atom stereocenters. The number of aromatic nitrogens is 2. The van der Waals surface area contributed by atoms with Gasteiger partial charge in [0.15, 0.2) is 0 Å². The topological polar surface area (TPSA) is 84.6 Å². The van der Waals surface area contributed by atoms with Gasteiger partial charge in [0.25, 0.3) is 0 Å². The van der Waals surface area contributed by atoms with E-state index in [9.17, 15) is 4.79 Å². The van der Waals surface area contributed by atoms with Gasteiger partial charge < -0.3 is 20.3 Å². The number of carbonyl (C=O) groups is 1. The molecule has 1 fully saturated rings. The summed E-state index contributed by atoms with van der Waals surface area (Å²) in [5, 5.41) is 0. The molecule has 136 valence electrons. The lowest BCUT2D eigenvalue weighted by Crippen LogP contribution is -2.44. The number of nitrogen functional groups attached to an aromatic ring is 1. The molecule has 1 saturated heterocycles. The van der Waals surface area contributed by atoms with Crippen LogP contribution in [0.5, 0.6) is 0 Å². The number of hydrogen-bond acceptors (Lipinski definition) is 6. The van der Waals surface area contributed by atoms with Crippen molar-refractivity contribution in [3.05, 3.63) is 35.5 Å². The van der Waals surface area contributed by atoms with E-state index >= 15 is 0 Å². The highest BCUT2D eigenvalue weighted by Crippen LogP contribution is 2.33. The van der Waals surface area contributed by atoms with E-state index in [1.165, 1.54) is 0 Å². The number of nitrogens with two attached hydrogens (primary N) is 1. The molecule has 0 spiro atoms. The molecular formula is C19H23N5O2. The van der Waals surface area contributed by atoms with Crippen molar-refractivity contribution in [1.29, 1.82) is 0 Å². The fourth-order valence-corrected chi connectivity index (χ4v) is 3.50. The molecular weight excluding hydrogens is 330 g/mol. The van der Waals surface area contributed by atoms with Gasteiger partial charge in [0.1, 0.15) is 0 Å². The number of fused-ring (bicyclic) bond motifs is 1. The number of carbonyl (C=O) groups excluding carboxylic acids is 1. The first-order valence-corrected chi connectivity index (χ1v) is 8.88. The maximum absolute atomic E-state index is 11.9. The highest BCUT2D eigenvalue weighted by Gasteiger charge is 2.30. The minimum absolute atomic E-state index is 0.0487. The van der Waals surface area contributed by atoms with Crippen molar-refractivity contribution >= 4 is 17.5 Å². The van der Waals surface area contributed by atoms with Crippen LogP contribution in [-0.2, 0) is 22.6 Å². The van der Waals surface area contributed by atoms with Crippen LogP contribution in [0.3, 0.4) is 0 Å². The molecule has 0 radical (unpaired) electrons. The van der Waals surface area contributed by atoms with E-state index in [1.807, 2.05) is 24.3 Å². The average Bonchev–Trinajstić information content (AvgIpc) is 3.06. The van der Waals surface area contributed by atoms with Crippen molar-refractivity contribution in [3.63, 3.8) is 0 Å². The van der Waals surface area contributed by atoms with Gasteiger partial charge in [-0.25, -0.2) is 9.97 Å². The summed E-state index contributed by atoms with van der Waals surface area (Å²) in [6, 6.07) is 7.91. The zero-order valence-corrected chi connectivity index (χ0v) is 15.1. The van der Waals surface area contributed by atoms with E-state index in [0.717, 1.165) is 29.1 Å². The molecule has 1 aromatic heterocycles. The summed E-state index contributed by atoms with van der Waals surface area (Å²) in [6.45, 7) is 6.87. The maximum Gasteiger partial charge on any atom is 0.226 e. The zero-order chi connectivity index (χ0) is 18.3. The van der Waals surface area contributed by atoms with Gasteiger partial charge in [-0.15, -0.1) is 0 Å². The van der Waals surface area contributed by atoms with Crippen molar-refractivity contribution in [1.82, 2.24) is 14.9 Å². The van der Waals surface area contributed by atoms with Gasteiger partial charge in [0.2, 0.25) is 11.9 Å². The molecule has 1 atom stereocenters. The first kappa shape index (κ1) is 16.8. The van der Waals surface area contributed by atoms with Crippen molar-refractivity contribution < 1.29 is 9.53 Å². The predicted octanol–water partition coefficient (Wildman–Crippen LogP) is 1.81. The normalized spacial score (nSPS) is 19.5. The third-order valence-corrected chi connectivity index (χ3v) is 5.02. The van der Waals surface area contributed by atoms with Gasteiger partial charge in [-0.1, -0.05) is 12.1 Å². The van der Waals surface area contributed by atoms with Gasteiger partial charge in [0, 0.05) is 30.3 Å². The molecule has 7 nitrogen and oxygen atoms in total. The van der Waals surface area contributed by atoms with E-state index < -0.39 is 0 Å². The second-order valence-electron chi connectivity index (χ2n) is 6.91. The molecule has 2 aromatic rings. The number of benzene rings is 1.